The summed E-state index contributed by atoms with van der Waals surface area (Å²) in [7, 11) is 0. The zero-order valence-corrected chi connectivity index (χ0v) is 18.8. The van der Waals surface area contributed by atoms with Crippen LogP contribution in [0, 0.1) is 18.8 Å². The van der Waals surface area contributed by atoms with Crippen molar-refractivity contribution in [3.63, 3.8) is 0 Å². The van der Waals surface area contributed by atoms with Crippen LogP contribution in [-0.2, 0) is 11.3 Å². The second-order valence-electron chi connectivity index (χ2n) is 8.98. The predicted octanol–water partition coefficient (Wildman–Crippen LogP) is 5.21. The number of carbonyl (C=O) groups excluding carboxylic acids is 1. The van der Waals surface area contributed by atoms with Gasteiger partial charge in [0.1, 0.15) is 5.76 Å². The fourth-order valence-corrected chi connectivity index (χ4v) is 4.97. The molecule has 0 unspecified atom stereocenters. The minimum absolute atomic E-state index is 0.0625. The SMILES string of the molecule is Cc1oc(-c2cccc(Cl)c2)nc1CN1CCC[C@H](C(=O)N[C@@H]2CCCC[C@H]2C)C1. The number of nitrogens with zero attached hydrogens (tertiary/aromatic N) is 2. The molecule has 2 fully saturated rings. The molecule has 2 aliphatic rings. The molecule has 1 aliphatic heterocycles. The first-order valence-electron chi connectivity index (χ1n) is 11.2. The van der Waals surface area contributed by atoms with Gasteiger partial charge in [0.15, 0.2) is 0 Å². The smallest absolute Gasteiger partial charge is 0.226 e. The summed E-state index contributed by atoms with van der Waals surface area (Å²) in [6.45, 7) is 6.70. The number of amides is 1. The molecule has 1 amide bonds. The minimum atomic E-state index is 0.0625. The van der Waals surface area contributed by atoms with Gasteiger partial charge in [-0.1, -0.05) is 37.4 Å². The molecule has 1 aromatic carbocycles. The molecule has 30 heavy (non-hydrogen) atoms. The van der Waals surface area contributed by atoms with Gasteiger partial charge in [-0.3, -0.25) is 9.69 Å². The van der Waals surface area contributed by atoms with Gasteiger partial charge in [-0.15, -0.1) is 0 Å². The number of rotatable bonds is 5. The molecule has 0 bridgehead atoms. The topological polar surface area (TPSA) is 58.4 Å². The number of piperidine rings is 1. The molecule has 1 N–H and O–H groups in total. The molecule has 4 rings (SSSR count). The number of hydrogen-bond acceptors (Lipinski definition) is 4. The van der Waals surface area contributed by atoms with Crippen LogP contribution in [0.15, 0.2) is 28.7 Å². The first kappa shape index (κ1) is 21.4. The Kier molecular flexibility index (Phi) is 6.79. The number of nitrogens with one attached hydrogen (secondary N) is 1. The highest BCUT2D eigenvalue weighted by atomic mass is 35.5. The van der Waals surface area contributed by atoms with Gasteiger partial charge in [0.2, 0.25) is 11.8 Å². The van der Waals surface area contributed by atoms with Crippen LogP contribution < -0.4 is 5.32 Å². The molecule has 1 saturated carbocycles. The van der Waals surface area contributed by atoms with Gasteiger partial charge in [0, 0.05) is 29.7 Å². The summed E-state index contributed by atoms with van der Waals surface area (Å²) in [6.07, 6.45) is 6.87. The third-order valence-corrected chi connectivity index (χ3v) is 6.89. The minimum Gasteiger partial charge on any atom is -0.441 e. The predicted molar refractivity (Wildman–Crippen MR) is 119 cm³/mol. The number of carbonyl (C=O) groups is 1. The molecule has 162 valence electrons. The summed E-state index contributed by atoms with van der Waals surface area (Å²) < 4.78 is 5.91. The van der Waals surface area contributed by atoms with E-state index in [2.05, 4.69) is 17.1 Å². The van der Waals surface area contributed by atoms with E-state index in [4.69, 9.17) is 21.0 Å². The van der Waals surface area contributed by atoms with E-state index in [0.29, 0.717) is 29.4 Å². The van der Waals surface area contributed by atoms with E-state index in [9.17, 15) is 4.79 Å². The highest BCUT2D eigenvalue weighted by molar-refractivity contribution is 6.30. The van der Waals surface area contributed by atoms with Gasteiger partial charge in [0.25, 0.3) is 0 Å². The zero-order valence-electron chi connectivity index (χ0n) is 18.0. The maximum absolute atomic E-state index is 12.9. The molecule has 1 aromatic heterocycles. The van der Waals surface area contributed by atoms with Crippen molar-refractivity contribution in [2.24, 2.45) is 11.8 Å². The lowest BCUT2D eigenvalue weighted by molar-refractivity contribution is -0.128. The summed E-state index contributed by atoms with van der Waals surface area (Å²) in [6, 6.07) is 7.91. The Morgan fingerprint density at radius 1 is 1.27 bits per heavy atom. The second kappa shape index (κ2) is 9.52. The monoisotopic (exact) mass is 429 g/mol. The molecule has 1 aliphatic carbocycles. The second-order valence-corrected chi connectivity index (χ2v) is 9.42. The Bertz CT molecular complexity index is 881. The maximum atomic E-state index is 12.9. The highest BCUT2D eigenvalue weighted by Crippen LogP contribution is 2.27. The average Bonchev–Trinajstić information content (AvgIpc) is 3.10. The number of oxazole rings is 1. The number of aromatic nitrogens is 1. The van der Waals surface area contributed by atoms with Crippen LogP contribution in [0.25, 0.3) is 11.5 Å². The van der Waals surface area contributed by atoms with E-state index in [1.54, 1.807) is 0 Å². The van der Waals surface area contributed by atoms with Crippen LogP contribution in [0.3, 0.4) is 0 Å². The molecule has 0 radical (unpaired) electrons. The summed E-state index contributed by atoms with van der Waals surface area (Å²) in [5.41, 5.74) is 1.82. The van der Waals surface area contributed by atoms with Crippen molar-refractivity contribution in [1.82, 2.24) is 15.2 Å². The van der Waals surface area contributed by atoms with Crippen LogP contribution in [0.1, 0.15) is 56.9 Å². The van der Waals surface area contributed by atoms with Gasteiger partial charge in [-0.05, 0) is 63.3 Å². The fraction of sp³-hybridized carbons (Fsp3) is 0.583. The van der Waals surface area contributed by atoms with Crippen LogP contribution >= 0.6 is 11.6 Å². The molecule has 2 heterocycles. The molecule has 2 aromatic rings. The summed E-state index contributed by atoms with van der Waals surface area (Å²) in [5.74, 6) is 2.31. The van der Waals surface area contributed by atoms with E-state index >= 15 is 0 Å². The molecule has 5 nitrogen and oxygen atoms in total. The summed E-state index contributed by atoms with van der Waals surface area (Å²) in [4.78, 5) is 20.0. The van der Waals surface area contributed by atoms with E-state index in [-0.39, 0.29) is 11.8 Å². The number of likely N-dealkylation sites (tertiary alicyclic amines) is 1. The number of hydrogen-bond donors (Lipinski definition) is 1. The van der Waals surface area contributed by atoms with Gasteiger partial charge < -0.3 is 9.73 Å². The fourth-order valence-electron chi connectivity index (χ4n) is 4.78. The largest absolute Gasteiger partial charge is 0.441 e. The van der Waals surface area contributed by atoms with E-state index < -0.39 is 0 Å². The maximum Gasteiger partial charge on any atom is 0.226 e. The van der Waals surface area contributed by atoms with E-state index in [1.165, 1.54) is 19.3 Å². The third-order valence-electron chi connectivity index (χ3n) is 6.65. The number of benzene rings is 1. The van der Waals surface area contributed by atoms with Crippen molar-refractivity contribution >= 4 is 17.5 Å². The van der Waals surface area contributed by atoms with Gasteiger partial charge in [-0.25, -0.2) is 4.98 Å². The molecule has 3 atom stereocenters. The standard InChI is InChI=1S/C24H32ClN3O2/c1-16-7-3-4-11-21(16)26-23(29)19-9-6-12-28(14-19)15-22-17(2)30-24(27-22)18-8-5-10-20(25)13-18/h5,8,10,13,16,19,21H,3-4,6-7,9,11-12,14-15H2,1-2H3,(H,26,29)/t16-,19+,21-/m1/s1. The Morgan fingerprint density at radius 3 is 2.90 bits per heavy atom. The highest BCUT2D eigenvalue weighted by Gasteiger charge is 2.30. The number of halogens is 1. The molecule has 0 spiro atoms. The Labute approximate surface area is 184 Å². The Hall–Kier alpha value is -1.85. The van der Waals surface area contributed by atoms with Crippen LogP contribution in [0.2, 0.25) is 5.02 Å². The molecule has 1 saturated heterocycles. The number of aryl methyl sites for hydroxylation is 1. The molecule has 6 heteroatoms. The van der Waals surface area contributed by atoms with Gasteiger partial charge >= 0.3 is 0 Å². The average molecular weight is 430 g/mol. The third kappa shape index (κ3) is 5.06. The van der Waals surface area contributed by atoms with Crippen LogP contribution in [0.5, 0.6) is 0 Å². The zero-order chi connectivity index (χ0) is 21.1. The lowest BCUT2D eigenvalue weighted by Gasteiger charge is -2.34. The van der Waals surface area contributed by atoms with Gasteiger partial charge in [0.05, 0.1) is 11.6 Å². The van der Waals surface area contributed by atoms with Crippen molar-refractivity contribution in [1.29, 1.82) is 0 Å². The van der Waals surface area contributed by atoms with Crippen LogP contribution in [0.4, 0.5) is 0 Å². The lowest BCUT2D eigenvalue weighted by Crippen LogP contribution is -2.48. The first-order valence-corrected chi connectivity index (χ1v) is 11.6. The molecular weight excluding hydrogens is 398 g/mol. The lowest BCUT2D eigenvalue weighted by atomic mass is 9.85. The Morgan fingerprint density at radius 2 is 2.10 bits per heavy atom. The van der Waals surface area contributed by atoms with Crippen molar-refractivity contribution in [2.75, 3.05) is 13.1 Å². The Balaban J connectivity index is 1.37. The molecular formula is C24H32ClN3O2. The van der Waals surface area contributed by atoms with Crippen molar-refractivity contribution in [3.05, 3.63) is 40.7 Å². The first-order chi connectivity index (χ1) is 14.5. The van der Waals surface area contributed by atoms with Gasteiger partial charge in [-0.2, -0.15) is 0 Å². The summed E-state index contributed by atoms with van der Waals surface area (Å²) >= 11 is 6.11. The van der Waals surface area contributed by atoms with Crippen molar-refractivity contribution in [2.45, 2.75) is 65.0 Å². The van der Waals surface area contributed by atoms with Crippen LogP contribution in [-0.4, -0.2) is 34.9 Å². The normalized spacial score (nSPS) is 25.2. The van der Waals surface area contributed by atoms with Crippen molar-refractivity contribution in [3.8, 4) is 11.5 Å². The van der Waals surface area contributed by atoms with Crippen molar-refractivity contribution < 1.29 is 9.21 Å². The quantitative estimate of drug-likeness (QED) is 0.708. The summed E-state index contributed by atoms with van der Waals surface area (Å²) in [5, 5.41) is 4.02. The van der Waals surface area contributed by atoms with E-state index in [1.807, 2.05) is 31.2 Å². The van der Waals surface area contributed by atoms with E-state index in [0.717, 1.165) is 49.4 Å².